The molecule has 1 aromatic rings. The molecule has 0 spiro atoms. The Bertz CT molecular complexity index is 421. The van der Waals surface area contributed by atoms with Crippen molar-refractivity contribution in [1.82, 2.24) is 0 Å². The zero-order chi connectivity index (χ0) is 14.3. The van der Waals surface area contributed by atoms with Gasteiger partial charge >= 0.3 is 0 Å². The van der Waals surface area contributed by atoms with Gasteiger partial charge in [-0.05, 0) is 38.0 Å². The van der Waals surface area contributed by atoms with E-state index in [2.05, 4.69) is 13.8 Å². The molecular formula is C15H23ClN2O. The van der Waals surface area contributed by atoms with Crippen LogP contribution in [0.5, 0.6) is 5.75 Å². The van der Waals surface area contributed by atoms with Crippen LogP contribution in [0.2, 0.25) is 5.02 Å². The first-order chi connectivity index (χ1) is 9.04. The van der Waals surface area contributed by atoms with Crippen molar-refractivity contribution >= 4 is 17.4 Å². The van der Waals surface area contributed by atoms with Gasteiger partial charge in [-0.1, -0.05) is 37.8 Å². The molecule has 1 rings (SSSR count). The Hall–Kier alpha value is -1.22. The Kier molecular flexibility index (Phi) is 6.71. The van der Waals surface area contributed by atoms with Gasteiger partial charge in [0.25, 0.3) is 0 Å². The number of ether oxygens (including phenoxy) is 1. The van der Waals surface area contributed by atoms with Gasteiger partial charge in [0.05, 0.1) is 11.1 Å². The van der Waals surface area contributed by atoms with E-state index in [4.69, 9.17) is 27.5 Å². The quantitative estimate of drug-likeness (QED) is 0.423. The molecule has 0 radical (unpaired) electrons. The Morgan fingerprint density at radius 2 is 2.11 bits per heavy atom. The van der Waals surface area contributed by atoms with E-state index in [-0.39, 0.29) is 11.9 Å². The number of amidine groups is 1. The Balaban J connectivity index is 2.48. The molecule has 4 heteroatoms. The molecule has 0 aliphatic rings. The lowest BCUT2D eigenvalue weighted by atomic mass is 10.1. The maximum absolute atomic E-state index is 7.37. The van der Waals surface area contributed by atoms with Crippen molar-refractivity contribution in [3.8, 4) is 5.75 Å². The largest absolute Gasteiger partial charge is 0.491 e. The molecule has 0 saturated carbocycles. The summed E-state index contributed by atoms with van der Waals surface area (Å²) in [5, 5.41) is 7.83. The van der Waals surface area contributed by atoms with Gasteiger partial charge in [0.2, 0.25) is 0 Å². The molecule has 1 aromatic carbocycles. The summed E-state index contributed by atoms with van der Waals surface area (Å²) in [4.78, 5) is 0. The Morgan fingerprint density at radius 3 is 2.68 bits per heavy atom. The van der Waals surface area contributed by atoms with Crippen LogP contribution < -0.4 is 10.5 Å². The second-order valence-electron chi connectivity index (χ2n) is 4.83. The van der Waals surface area contributed by atoms with Crippen molar-refractivity contribution in [3.63, 3.8) is 0 Å². The predicted molar refractivity (Wildman–Crippen MR) is 81.3 cm³/mol. The van der Waals surface area contributed by atoms with Gasteiger partial charge in [-0.15, -0.1) is 0 Å². The van der Waals surface area contributed by atoms with Crippen LogP contribution in [0.1, 0.15) is 51.5 Å². The van der Waals surface area contributed by atoms with E-state index in [1.54, 1.807) is 12.1 Å². The normalized spacial score (nSPS) is 12.2. The molecule has 0 bridgehead atoms. The third-order valence-corrected chi connectivity index (χ3v) is 3.34. The van der Waals surface area contributed by atoms with E-state index < -0.39 is 0 Å². The summed E-state index contributed by atoms with van der Waals surface area (Å²) in [7, 11) is 0. The second-order valence-corrected chi connectivity index (χ2v) is 5.24. The highest BCUT2D eigenvalue weighted by molar-refractivity contribution is 6.34. The maximum atomic E-state index is 7.37. The first kappa shape index (κ1) is 15.8. The molecule has 0 aliphatic heterocycles. The second kappa shape index (κ2) is 8.05. The standard InChI is InChI=1S/C15H23ClN2O/c1-3-4-5-6-7-11(2)19-12-8-9-13(15(17)18)14(16)10-12/h8-11H,3-7H2,1-2H3,(H3,17,18). The van der Waals surface area contributed by atoms with E-state index in [0.717, 1.165) is 12.2 Å². The monoisotopic (exact) mass is 282 g/mol. The minimum Gasteiger partial charge on any atom is -0.491 e. The Morgan fingerprint density at radius 1 is 1.37 bits per heavy atom. The molecule has 3 nitrogen and oxygen atoms in total. The van der Waals surface area contributed by atoms with Gasteiger partial charge in [-0.25, -0.2) is 0 Å². The van der Waals surface area contributed by atoms with Crippen molar-refractivity contribution in [2.45, 2.75) is 52.1 Å². The van der Waals surface area contributed by atoms with Crippen LogP contribution in [-0.2, 0) is 0 Å². The van der Waals surface area contributed by atoms with Gasteiger partial charge in [0.15, 0.2) is 0 Å². The van der Waals surface area contributed by atoms with Crippen LogP contribution in [-0.4, -0.2) is 11.9 Å². The molecule has 0 aromatic heterocycles. The van der Waals surface area contributed by atoms with Crippen molar-refractivity contribution in [3.05, 3.63) is 28.8 Å². The first-order valence-electron chi connectivity index (χ1n) is 6.85. The topological polar surface area (TPSA) is 59.1 Å². The number of halogens is 1. The lowest BCUT2D eigenvalue weighted by Gasteiger charge is -2.15. The summed E-state index contributed by atoms with van der Waals surface area (Å²) >= 11 is 6.05. The van der Waals surface area contributed by atoms with Crippen LogP contribution in [0.25, 0.3) is 0 Å². The minimum atomic E-state index is -0.0239. The molecule has 0 saturated heterocycles. The van der Waals surface area contributed by atoms with E-state index >= 15 is 0 Å². The Labute approximate surface area is 120 Å². The molecule has 0 heterocycles. The van der Waals surface area contributed by atoms with Crippen LogP contribution in [0.15, 0.2) is 18.2 Å². The van der Waals surface area contributed by atoms with Crippen molar-refractivity contribution in [1.29, 1.82) is 5.41 Å². The molecule has 0 amide bonds. The van der Waals surface area contributed by atoms with E-state index in [9.17, 15) is 0 Å². The van der Waals surface area contributed by atoms with E-state index in [0.29, 0.717) is 10.6 Å². The fraction of sp³-hybridized carbons (Fsp3) is 0.533. The summed E-state index contributed by atoms with van der Waals surface area (Å²) in [5.41, 5.74) is 5.96. The van der Waals surface area contributed by atoms with Gasteiger partial charge in [-0.3, -0.25) is 5.41 Å². The zero-order valence-corrected chi connectivity index (χ0v) is 12.5. The molecule has 106 valence electrons. The van der Waals surface area contributed by atoms with Crippen molar-refractivity contribution < 1.29 is 4.74 Å². The van der Waals surface area contributed by atoms with E-state index in [1.165, 1.54) is 25.7 Å². The highest BCUT2D eigenvalue weighted by Gasteiger charge is 2.08. The van der Waals surface area contributed by atoms with Gasteiger partial charge in [0.1, 0.15) is 11.6 Å². The summed E-state index contributed by atoms with van der Waals surface area (Å²) < 4.78 is 5.81. The van der Waals surface area contributed by atoms with Crippen LogP contribution in [0.4, 0.5) is 0 Å². The average Bonchev–Trinajstić information content (AvgIpc) is 2.34. The summed E-state index contributed by atoms with van der Waals surface area (Å²) in [6.07, 6.45) is 6.20. The molecule has 0 aliphatic carbocycles. The smallest absolute Gasteiger partial charge is 0.124 e. The number of unbranched alkanes of at least 4 members (excludes halogenated alkanes) is 3. The number of nitrogens with two attached hydrogens (primary N) is 1. The lowest BCUT2D eigenvalue weighted by molar-refractivity contribution is 0.206. The molecule has 1 atom stereocenters. The van der Waals surface area contributed by atoms with Crippen LogP contribution in [0.3, 0.4) is 0 Å². The highest BCUT2D eigenvalue weighted by atomic mass is 35.5. The zero-order valence-electron chi connectivity index (χ0n) is 11.7. The first-order valence-corrected chi connectivity index (χ1v) is 7.23. The molecule has 3 N–H and O–H groups in total. The number of benzene rings is 1. The number of nitrogen functional groups attached to an aromatic ring is 1. The number of hydrogen-bond acceptors (Lipinski definition) is 2. The third-order valence-electron chi connectivity index (χ3n) is 3.03. The average molecular weight is 283 g/mol. The van der Waals surface area contributed by atoms with Crippen LogP contribution in [0, 0.1) is 5.41 Å². The summed E-state index contributed by atoms with van der Waals surface area (Å²) in [6, 6.07) is 5.26. The minimum absolute atomic E-state index is 0.0239. The fourth-order valence-electron chi connectivity index (χ4n) is 1.94. The highest BCUT2D eigenvalue weighted by Crippen LogP contribution is 2.23. The van der Waals surface area contributed by atoms with Gasteiger partial charge < -0.3 is 10.5 Å². The number of rotatable bonds is 8. The number of nitrogens with one attached hydrogen (secondary N) is 1. The number of hydrogen-bond donors (Lipinski definition) is 2. The van der Waals surface area contributed by atoms with Gasteiger partial charge in [0, 0.05) is 5.56 Å². The third kappa shape index (κ3) is 5.52. The van der Waals surface area contributed by atoms with Crippen molar-refractivity contribution in [2.24, 2.45) is 5.73 Å². The summed E-state index contributed by atoms with van der Waals surface area (Å²) in [6.45, 7) is 4.28. The van der Waals surface area contributed by atoms with Crippen LogP contribution >= 0.6 is 11.6 Å². The lowest BCUT2D eigenvalue weighted by Crippen LogP contribution is -2.13. The van der Waals surface area contributed by atoms with Gasteiger partial charge in [-0.2, -0.15) is 0 Å². The predicted octanol–water partition coefficient (Wildman–Crippen LogP) is 4.36. The molecule has 0 fully saturated rings. The SMILES string of the molecule is CCCCCCC(C)Oc1ccc(C(=N)N)c(Cl)c1. The molecular weight excluding hydrogens is 260 g/mol. The maximum Gasteiger partial charge on any atom is 0.124 e. The van der Waals surface area contributed by atoms with E-state index in [1.807, 2.05) is 6.07 Å². The fourth-order valence-corrected chi connectivity index (χ4v) is 2.21. The summed E-state index contributed by atoms with van der Waals surface area (Å²) in [5.74, 6) is 0.710. The molecule has 1 unspecified atom stereocenters. The van der Waals surface area contributed by atoms with Crippen molar-refractivity contribution in [2.75, 3.05) is 0 Å². The molecule has 19 heavy (non-hydrogen) atoms.